The Morgan fingerprint density at radius 1 is 1.41 bits per heavy atom. The Balaban J connectivity index is 2.09. The SMILES string of the molecule is COc1cc(C2CN(C(=O)OC(C)(C)C)CCN2)ccc1F. The summed E-state index contributed by atoms with van der Waals surface area (Å²) in [5, 5.41) is 3.33. The lowest BCUT2D eigenvalue weighted by Crippen LogP contribution is -2.49. The summed E-state index contributed by atoms with van der Waals surface area (Å²) in [5.74, 6) is -0.195. The molecule has 1 aromatic carbocycles. The molecule has 2 rings (SSSR count). The minimum Gasteiger partial charge on any atom is -0.494 e. The maximum absolute atomic E-state index is 13.5. The number of carbonyl (C=O) groups excluding carboxylic acids is 1. The van der Waals surface area contributed by atoms with E-state index in [4.69, 9.17) is 9.47 Å². The van der Waals surface area contributed by atoms with E-state index in [1.807, 2.05) is 20.8 Å². The fraction of sp³-hybridized carbons (Fsp3) is 0.562. The smallest absolute Gasteiger partial charge is 0.410 e. The third kappa shape index (κ3) is 4.10. The number of amides is 1. The van der Waals surface area contributed by atoms with E-state index in [9.17, 15) is 9.18 Å². The quantitative estimate of drug-likeness (QED) is 0.912. The van der Waals surface area contributed by atoms with E-state index >= 15 is 0 Å². The van der Waals surface area contributed by atoms with Gasteiger partial charge < -0.3 is 19.7 Å². The Labute approximate surface area is 130 Å². The van der Waals surface area contributed by atoms with E-state index in [2.05, 4.69) is 5.32 Å². The zero-order chi connectivity index (χ0) is 16.3. The third-order valence-corrected chi connectivity index (χ3v) is 3.40. The molecule has 0 spiro atoms. The molecule has 0 bridgehead atoms. The van der Waals surface area contributed by atoms with Crippen LogP contribution in [0, 0.1) is 5.82 Å². The van der Waals surface area contributed by atoms with Crippen molar-refractivity contribution in [3.05, 3.63) is 29.6 Å². The van der Waals surface area contributed by atoms with Gasteiger partial charge >= 0.3 is 6.09 Å². The number of methoxy groups -OCH3 is 1. The first-order valence-corrected chi connectivity index (χ1v) is 7.35. The molecule has 0 aromatic heterocycles. The molecule has 122 valence electrons. The Morgan fingerprint density at radius 2 is 2.14 bits per heavy atom. The van der Waals surface area contributed by atoms with Crippen LogP contribution in [0.15, 0.2) is 18.2 Å². The van der Waals surface area contributed by atoms with Crippen LogP contribution < -0.4 is 10.1 Å². The van der Waals surface area contributed by atoms with Gasteiger partial charge in [-0.1, -0.05) is 6.07 Å². The number of nitrogens with one attached hydrogen (secondary N) is 1. The topological polar surface area (TPSA) is 50.8 Å². The molecular formula is C16H23FN2O3. The second-order valence-corrected chi connectivity index (χ2v) is 6.33. The van der Waals surface area contributed by atoms with Crippen molar-refractivity contribution in [1.82, 2.24) is 10.2 Å². The molecule has 1 aliphatic rings. The van der Waals surface area contributed by atoms with Crippen LogP contribution in [-0.2, 0) is 4.74 Å². The number of benzene rings is 1. The minimum atomic E-state index is -0.517. The number of nitrogens with zero attached hydrogens (tertiary/aromatic N) is 1. The van der Waals surface area contributed by atoms with Crippen LogP contribution in [-0.4, -0.2) is 43.3 Å². The highest BCUT2D eigenvalue weighted by atomic mass is 19.1. The van der Waals surface area contributed by atoms with E-state index in [-0.39, 0.29) is 17.9 Å². The van der Waals surface area contributed by atoms with E-state index in [0.717, 1.165) is 5.56 Å². The molecule has 1 fully saturated rings. The maximum atomic E-state index is 13.5. The Bertz CT molecular complexity index is 543. The predicted octanol–water partition coefficient (Wildman–Crippen LogP) is 2.72. The number of rotatable bonds is 2. The van der Waals surface area contributed by atoms with Gasteiger partial charge in [0.1, 0.15) is 5.60 Å². The first kappa shape index (κ1) is 16.5. The molecule has 1 heterocycles. The maximum Gasteiger partial charge on any atom is 0.410 e. The van der Waals surface area contributed by atoms with E-state index in [1.165, 1.54) is 13.2 Å². The predicted molar refractivity (Wildman–Crippen MR) is 81.5 cm³/mol. The van der Waals surface area contributed by atoms with Gasteiger partial charge in [-0.25, -0.2) is 9.18 Å². The van der Waals surface area contributed by atoms with E-state index < -0.39 is 11.4 Å². The Kier molecular flexibility index (Phi) is 4.90. The van der Waals surface area contributed by atoms with Crippen molar-refractivity contribution in [2.45, 2.75) is 32.4 Å². The lowest BCUT2D eigenvalue weighted by atomic mass is 10.0. The largest absolute Gasteiger partial charge is 0.494 e. The van der Waals surface area contributed by atoms with Gasteiger partial charge in [-0.3, -0.25) is 0 Å². The zero-order valence-electron chi connectivity index (χ0n) is 13.5. The molecule has 1 aromatic rings. The highest BCUT2D eigenvalue weighted by Gasteiger charge is 2.28. The van der Waals surface area contributed by atoms with Gasteiger partial charge in [-0.2, -0.15) is 0 Å². The molecule has 0 radical (unpaired) electrons. The van der Waals surface area contributed by atoms with Crippen molar-refractivity contribution in [2.75, 3.05) is 26.7 Å². The minimum absolute atomic E-state index is 0.0734. The van der Waals surface area contributed by atoms with Crippen molar-refractivity contribution in [1.29, 1.82) is 0 Å². The first-order valence-electron chi connectivity index (χ1n) is 7.35. The van der Waals surface area contributed by atoms with Gasteiger partial charge in [0.25, 0.3) is 0 Å². The van der Waals surface area contributed by atoms with Gasteiger partial charge in [-0.05, 0) is 38.5 Å². The molecule has 1 aliphatic heterocycles. The summed E-state index contributed by atoms with van der Waals surface area (Å²) in [4.78, 5) is 13.8. The van der Waals surface area contributed by atoms with Gasteiger partial charge in [-0.15, -0.1) is 0 Å². The van der Waals surface area contributed by atoms with Crippen molar-refractivity contribution >= 4 is 6.09 Å². The van der Waals surface area contributed by atoms with E-state index in [0.29, 0.717) is 19.6 Å². The van der Waals surface area contributed by atoms with Crippen molar-refractivity contribution in [2.24, 2.45) is 0 Å². The molecule has 0 saturated carbocycles. The van der Waals surface area contributed by atoms with Crippen LogP contribution in [0.5, 0.6) is 5.75 Å². The second-order valence-electron chi connectivity index (χ2n) is 6.33. The van der Waals surface area contributed by atoms with Crippen molar-refractivity contribution in [3.8, 4) is 5.75 Å². The van der Waals surface area contributed by atoms with Gasteiger partial charge in [0, 0.05) is 19.6 Å². The van der Waals surface area contributed by atoms with Gasteiger partial charge in [0.2, 0.25) is 0 Å². The van der Waals surface area contributed by atoms with Crippen LogP contribution in [0.25, 0.3) is 0 Å². The molecule has 1 unspecified atom stereocenters. The summed E-state index contributed by atoms with van der Waals surface area (Å²) >= 11 is 0. The van der Waals surface area contributed by atoms with Crippen LogP contribution in [0.1, 0.15) is 32.4 Å². The molecule has 0 aliphatic carbocycles. The zero-order valence-corrected chi connectivity index (χ0v) is 13.5. The van der Waals surface area contributed by atoms with Crippen LogP contribution in [0.4, 0.5) is 9.18 Å². The molecule has 1 atom stereocenters. The summed E-state index contributed by atoms with van der Waals surface area (Å²) < 4.78 is 23.9. The number of ether oxygens (including phenoxy) is 2. The second kappa shape index (κ2) is 6.52. The molecule has 1 amide bonds. The van der Waals surface area contributed by atoms with E-state index in [1.54, 1.807) is 17.0 Å². The molecule has 6 heteroatoms. The summed E-state index contributed by atoms with van der Waals surface area (Å²) in [7, 11) is 1.43. The molecule has 22 heavy (non-hydrogen) atoms. The van der Waals surface area contributed by atoms with Crippen molar-refractivity contribution < 1.29 is 18.7 Å². The fourth-order valence-corrected chi connectivity index (χ4v) is 2.36. The van der Waals surface area contributed by atoms with Gasteiger partial charge in [0.15, 0.2) is 11.6 Å². The molecule has 1 saturated heterocycles. The molecule has 5 nitrogen and oxygen atoms in total. The average molecular weight is 310 g/mol. The normalized spacial score (nSPS) is 19.0. The highest BCUT2D eigenvalue weighted by Crippen LogP contribution is 2.25. The average Bonchev–Trinajstić information content (AvgIpc) is 2.46. The summed E-state index contributed by atoms with van der Waals surface area (Å²) in [6, 6.07) is 4.66. The summed E-state index contributed by atoms with van der Waals surface area (Å²) in [6.07, 6.45) is -0.326. The highest BCUT2D eigenvalue weighted by molar-refractivity contribution is 5.68. The Hall–Kier alpha value is -1.82. The molecular weight excluding hydrogens is 287 g/mol. The van der Waals surface area contributed by atoms with Gasteiger partial charge in [0.05, 0.1) is 13.2 Å². The number of carbonyl (C=O) groups is 1. The number of halogens is 1. The van der Waals surface area contributed by atoms with Crippen molar-refractivity contribution in [3.63, 3.8) is 0 Å². The van der Waals surface area contributed by atoms with Crippen LogP contribution >= 0.6 is 0 Å². The summed E-state index contributed by atoms with van der Waals surface area (Å²) in [6.45, 7) is 7.25. The number of hydrogen-bond donors (Lipinski definition) is 1. The Morgan fingerprint density at radius 3 is 2.77 bits per heavy atom. The number of piperazine rings is 1. The first-order chi connectivity index (χ1) is 10.3. The monoisotopic (exact) mass is 310 g/mol. The fourth-order valence-electron chi connectivity index (χ4n) is 2.36. The third-order valence-electron chi connectivity index (χ3n) is 3.40. The lowest BCUT2D eigenvalue weighted by molar-refractivity contribution is 0.0195. The standard InChI is InChI=1S/C16H23FN2O3/c1-16(2,3)22-15(20)19-8-7-18-13(10-19)11-5-6-12(17)14(9-11)21-4/h5-6,9,13,18H,7-8,10H2,1-4H3. The lowest BCUT2D eigenvalue weighted by Gasteiger charge is -2.35. The number of hydrogen-bond acceptors (Lipinski definition) is 4. The molecule has 1 N–H and O–H groups in total. The summed E-state index contributed by atoms with van der Waals surface area (Å²) in [5.41, 5.74) is 0.364. The van der Waals surface area contributed by atoms with Crippen LogP contribution in [0.3, 0.4) is 0 Å². The van der Waals surface area contributed by atoms with Crippen LogP contribution in [0.2, 0.25) is 0 Å².